The van der Waals surface area contributed by atoms with Crippen molar-refractivity contribution in [2.24, 2.45) is 0 Å². The van der Waals surface area contributed by atoms with Crippen LogP contribution in [-0.4, -0.2) is 17.2 Å². The fourth-order valence-electron chi connectivity index (χ4n) is 2.06. The number of aliphatic hydroxyl groups excluding tert-OH is 1. The molecule has 0 bridgehead atoms. The van der Waals surface area contributed by atoms with E-state index in [4.69, 9.17) is 27.9 Å². The summed E-state index contributed by atoms with van der Waals surface area (Å²) < 4.78 is 5.19. The van der Waals surface area contributed by atoms with Crippen molar-refractivity contribution < 1.29 is 9.84 Å². The van der Waals surface area contributed by atoms with E-state index in [1.165, 1.54) is 0 Å². The third-order valence-corrected chi connectivity index (χ3v) is 3.81. The van der Waals surface area contributed by atoms with E-state index < -0.39 is 6.10 Å². The van der Waals surface area contributed by atoms with Gasteiger partial charge < -0.3 is 9.84 Å². The number of rotatable bonds is 4. The topological polar surface area (TPSA) is 42.4 Å². The fourth-order valence-corrected chi connectivity index (χ4v) is 2.53. The number of benzene rings is 1. The smallest absolute Gasteiger partial charge is 0.129 e. The van der Waals surface area contributed by atoms with E-state index in [1.54, 1.807) is 37.6 Å². The molecule has 0 aliphatic heterocycles. The van der Waals surface area contributed by atoms with Gasteiger partial charge in [0.2, 0.25) is 0 Å². The molecule has 1 N–H and O–H groups in total. The molecule has 0 saturated heterocycles. The Balaban J connectivity index is 2.33. The Kier molecular flexibility index (Phi) is 4.86. The molecule has 0 saturated carbocycles. The maximum Gasteiger partial charge on any atom is 0.129 e. The Bertz CT molecular complexity index is 604. The monoisotopic (exact) mass is 311 g/mol. The lowest BCUT2D eigenvalue weighted by atomic mass is 9.91. The minimum atomic E-state index is -0.722. The molecule has 2 atom stereocenters. The van der Waals surface area contributed by atoms with E-state index in [1.807, 2.05) is 13.0 Å². The van der Waals surface area contributed by atoms with Crippen LogP contribution in [0, 0.1) is 0 Å². The van der Waals surface area contributed by atoms with Crippen LogP contribution in [0.15, 0.2) is 36.5 Å². The number of aromatic nitrogens is 1. The van der Waals surface area contributed by atoms with Gasteiger partial charge in [-0.1, -0.05) is 30.1 Å². The van der Waals surface area contributed by atoms with Crippen LogP contribution < -0.4 is 4.74 Å². The number of pyridine rings is 1. The molecule has 0 amide bonds. The van der Waals surface area contributed by atoms with Crippen LogP contribution in [0.3, 0.4) is 0 Å². The number of nitrogens with zero attached hydrogens (tertiary/aromatic N) is 1. The molecule has 3 nitrogen and oxygen atoms in total. The minimum absolute atomic E-state index is 0.198. The highest BCUT2D eigenvalue weighted by molar-refractivity contribution is 6.31. The van der Waals surface area contributed by atoms with Crippen LogP contribution >= 0.6 is 23.2 Å². The first-order valence-electron chi connectivity index (χ1n) is 6.16. The Morgan fingerprint density at radius 3 is 2.60 bits per heavy atom. The second kappa shape index (κ2) is 6.44. The largest absolute Gasteiger partial charge is 0.497 e. The van der Waals surface area contributed by atoms with Crippen LogP contribution in [0.2, 0.25) is 10.2 Å². The van der Waals surface area contributed by atoms with Gasteiger partial charge in [-0.2, -0.15) is 0 Å². The van der Waals surface area contributed by atoms with E-state index in [2.05, 4.69) is 4.98 Å². The number of aliphatic hydroxyl groups is 1. The number of ether oxygens (including phenoxy) is 1. The summed E-state index contributed by atoms with van der Waals surface area (Å²) in [6.07, 6.45) is 0.848. The van der Waals surface area contributed by atoms with E-state index in [-0.39, 0.29) is 5.92 Å². The standard InChI is InChI=1S/C15H15Cl2NO2/c1-9(12-8-11(20-2)3-4-13(12)16)15(19)10-5-6-18-14(17)7-10/h3-9,15,19H,1-2H3/t9-,15+/m0/s1. The van der Waals surface area contributed by atoms with Gasteiger partial charge in [0.05, 0.1) is 13.2 Å². The Morgan fingerprint density at radius 2 is 1.95 bits per heavy atom. The molecule has 0 fully saturated rings. The van der Waals surface area contributed by atoms with Gasteiger partial charge in [-0.05, 0) is 41.5 Å². The predicted octanol–water partition coefficient (Wildman–Crippen LogP) is 4.23. The minimum Gasteiger partial charge on any atom is -0.497 e. The first-order chi connectivity index (χ1) is 9.52. The highest BCUT2D eigenvalue weighted by Gasteiger charge is 2.21. The van der Waals surface area contributed by atoms with Crippen molar-refractivity contribution in [2.45, 2.75) is 18.9 Å². The summed E-state index contributed by atoms with van der Waals surface area (Å²) in [6, 6.07) is 8.77. The Labute approximate surface area is 128 Å². The third kappa shape index (κ3) is 3.23. The van der Waals surface area contributed by atoms with Gasteiger partial charge in [0.1, 0.15) is 10.9 Å². The molecule has 0 unspecified atom stereocenters. The lowest BCUT2D eigenvalue weighted by molar-refractivity contribution is 0.151. The van der Waals surface area contributed by atoms with Crippen molar-refractivity contribution in [1.29, 1.82) is 0 Å². The first-order valence-corrected chi connectivity index (χ1v) is 6.91. The highest BCUT2D eigenvalue weighted by atomic mass is 35.5. The molecule has 2 aromatic rings. The third-order valence-electron chi connectivity index (χ3n) is 3.26. The predicted molar refractivity (Wildman–Crippen MR) is 80.6 cm³/mol. The van der Waals surface area contributed by atoms with Gasteiger partial charge >= 0.3 is 0 Å². The number of hydrogen-bond acceptors (Lipinski definition) is 3. The summed E-state index contributed by atoms with van der Waals surface area (Å²) in [7, 11) is 1.59. The van der Waals surface area contributed by atoms with Crippen molar-refractivity contribution >= 4 is 23.2 Å². The van der Waals surface area contributed by atoms with Crippen molar-refractivity contribution in [3.63, 3.8) is 0 Å². The summed E-state index contributed by atoms with van der Waals surface area (Å²) >= 11 is 12.1. The normalized spacial score (nSPS) is 13.8. The summed E-state index contributed by atoms with van der Waals surface area (Å²) in [6.45, 7) is 1.90. The molecular formula is C15H15Cl2NO2. The molecule has 0 aliphatic rings. The van der Waals surface area contributed by atoms with Gasteiger partial charge in [0.15, 0.2) is 0 Å². The van der Waals surface area contributed by atoms with Crippen LogP contribution in [0.5, 0.6) is 5.75 Å². The summed E-state index contributed by atoms with van der Waals surface area (Å²) in [5, 5.41) is 11.4. The maximum absolute atomic E-state index is 10.5. The molecule has 106 valence electrons. The van der Waals surface area contributed by atoms with Crippen molar-refractivity contribution in [3.8, 4) is 5.75 Å². The van der Waals surface area contributed by atoms with Gasteiger partial charge in [0, 0.05) is 17.1 Å². The zero-order valence-electron chi connectivity index (χ0n) is 11.2. The zero-order chi connectivity index (χ0) is 14.7. The lowest BCUT2D eigenvalue weighted by Gasteiger charge is -2.21. The highest BCUT2D eigenvalue weighted by Crippen LogP contribution is 2.36. The van der Waals surface area contributed by atoms with E-state index in [9.17, 15) is 5.11 Å². The molecule has 0 spiro atoms. The van der Waals surface area contributed by atoms with Crippen LogP contribution in [0.25, 0.3) is 0 Å². The van der Waals surface area contributed by atoms with Crippen LogP contribution in [0.1, 0.15) is 30.1 Å². The van der Waals surface area contributed by atoms with Gasteiger partial charge in [0.25, 0.3) is 0 Å². The van der Waals surface area contributed by atoms with E-state index in [0.29, 0.717) is 21.5 Å². The molecule has 1 heterocycles. The summed E-state index contributed by atoms with van der Waals surface area (Å²) in [5.41, 5.74) is 1.53. The Morgan fingerprint density at radius 1 is 1.20 bits per heavy atom. The van der Waals surface area contributed by atoms with Crippen molar-refractivity contribution in [2.75, 3.05) is 7.11 Å². The van der Waals surface area contributed by atoms with Gasteiger partial charge in [-0.25, -0.2) is 4.98 Å². The molecule has 2 rings (SSSR count). The number of hydrogen-bond donors (Lipinski definition) is 1. The molecule has 1 aromatic carbocycles. The summed E-state index contributed by atoms with van der Waals surface area (Å²) in [4.78, 5) is 3.91. The van der Waals surface area contributed by atoms with Crippen LogP contribution in [0.4, 0.5) is 0 Å². The number of halogens is 2. The zero-order valence-corrected chi connectivity index (χ0v) is 12.7. The average molecular weight is 312 g/mol. The van der Waals surface area contributed by atoms with Gasteiger partial charge in [-0.3, -0.25) is 0 Å². The Hall–Kier alpha value is -1.29. The summed E-state index contributed by atoms with van der Waals surface area (Å²) in [5.74, 6) is 0.507. The molecule has 5 heteroatoms. The molecule has 20 heavy (non-hydrogen) atoms. The molecule has 0 radical (unpaired) electrons. The number of methoxy groups -OCH3 is 1. The quantitative estimate of drug-likeness (QED) is 0.859. The van der Waals surface area contributed by atoms with E-state index in [0.717, 1.165) is 5.56 Å². The molecule has 0 aliphatic carbocycles. The van der Waals surface area contributed by atoms with Crippen LogP contribution in [-0.2, 0) is 0 Å². The van der Waals surface area contributed by atoms with Crippen molar-refractivity contribution in [1.82, 2.24) is 4.98 Å². The average Bonchev–Trinajstić information content (AvgIpc) is 2.46. The first kappa shape index (κ1) is 15.1. The molecule has 1 aromatic heterocycles. The molecular weight excluding hydrogens is 297 g/mol. The second-order valence-corrected chi connectivity index (χ2v) is 5.33. The SMILES string of the molecule is COc1ccc(Cl)c([C@H](C)[C@@H](O)c2ccnc(Cl)c2)c1. The van der Waals surface area contributed by atoms with E-state index >= 15 is 0 Å². The van der Waals surface area contributed by atoms with Crippen molar-refractivity contribution in [3.05, 3.63) is 57.8 Å². The lowest BCUT2D eigenvalue weighted by Crippen LogP contribution is -2.08. The fraction of sp³-hybridized carbons (Fsp3) is 0.267. The second-order valence-electron chi connectivity index (χ2n) is 4.53. The maximum atomic E-state index is 10.5. The van der Waals surface area contributed by atoms with Gasteiger partial charge in [-0.15, -0.1) is 0 Å².